The molecule has 142 valence electrons. The van der Waals surface area contributed by atoms with Crippen LogP contribution in [-0.2, 0) is 11.2 Å². The van der Waals surface area contributed by atoms with Gasteiger partial charge in [0.25, 0.3) is 0 Å². The van der Waals surface area contributed by atoms with Gasteiger partial charge >= 0.3 is 6.03 Å². The number of carbonyl (C=O) groups excluding carboxylic acids is 2. The first kappa shape index (κ1) is 18.8. The lowest BCUT2D eigenvalue weighted by atomic mass is 9.95. The lowest BCUT2D eigenvalue weighted by molar-refractivity contribution is -0.126. The van der Waals surface area contributed by atoms with Crippen LogP contribution >= 0.6 is 0 Å². The monoisotopic (exact) mass is 367 g/mol. The highest BCUT2D eigenvalue weighted by atomic mass is 16.5. The standard InChI is InChI=1S/C21H25N3O3/c1-3-9-22-20(25)16-11-15-12-18(7-8-19(15)27-13-16)24-21(26)23-17-6-4-5-14(2)10-17/h4-8,10,12,16H,3,9,11,13H2,1-2H3,(H,22,25)(H2,23,24,26). The molecule has 27 heavy (non-hydrogen) atoms. The molecule has 0 spiro atoms. The van der Waals surface area contributed by atoms with E-state index in [4.69, 9.17) is 4.74 Å². The molecule has 3 N–H and O–H groups in total. The first-order valence-electron chi connectivity index (χ1n) is 9.23. The van der Waals surface area contributed by atoms with Crippen molar-refractivity contribution in [2.45, 2.75) is 26.7 Å². The van der Waals surface area contributed by atoms with Crippen LogP contribution in [0.1, 0.15) is 24.5 Å². The van der Waals surface area contributed by atoms with Crippen molar-refractivity contribution in [2.75, 3.05) is 23.8 Å². The molecular weight excluding hydrogens is 342 g/mol. The number of urea groups is 1. The number of amides is 3. The van der Waals surface area contributed by atoms with Gasteiger partial charge in [0.05, 0.1) is 5.92 Å². The summed E-state index contributed by atoms with van der Waals surface area (Å²) in [6.45, 7) is 5.04. The maximum absolute atomic E-state index is 12.2. The van der Waals surface area contributed by atoms with Gasteiger partial charge in [-0.25, -0.2) is 4.79 Å². The molecule has 6 heteroatoms. The number of hydrogen-bond donors (Lipinski definition) is 3. The third-order valence-corrected chi connectivity index (χ3v) is 4.42. The highest BCUT2D eigenvalue weighted by Crippen LogP contribution is 2.30. The summed E-state index contributed by atoms with van der Waals surface area (Å²) < 4.78 is 5.72. The van der Waals surface area contributed by atoms with E-state index in [1.165, 1.54) is 0 Å². The number of aryl methyl sites for hydroxylation is 1. The Balaban J connectivity index is 1.63. The summed E-state index contributed by atoms with van der Waals surface area (Å²) in [7, 11) is 0. The SMILES string of the molecule is CCCNC(=O)C1COc2ccc(NC(=O)Nc3cccc(C)c3)cc2C1. The molecule has 0 bridgehead atoms. The number of nitrogens with one attached hydrogen (secondary N) is 3. The van der Waals surface area contributed by atoms with Crippen LogP contribution in [0, 0.1) is 12.8 Å². The normalized spacial score (nSPS) is 15.3. The number of fused-ring (bicyclic) bond motifs is 1. The first-order valence-corrected chi connectivity index (χ1v) is 9.23. The predicted octanol–water partition coefficient (Wildman–Crippen LogP) is 3.72. The van der Waals surface area contributed by atoms with Gasteiger partial charge in [0.1, 0.15) is 12.4 Å². The third-order valence-electron chi connectivity index (χ3n) is 4.42. The van der Waals surface area contributed by atoms with E-state index >= 15 is 0 Å². The largest absolute Gasteiger partial charge is 0.492 e. The summed E-state index contributed by atoms with van der Waals surface area (Å²) in [6.07, 6.45) is 1.50. The van der Waals surface area contributed by atoms with Crippen molar-refractivity contribution < 1.29 is 14.3 Å². The zero-order valence-electron chi connectivity index (χ0n) is 15.7. The van der Waals surface area contributed by atoms with Crippen molar-refractivity contribution in [3.63, 3.8) is 0 Å². The van der Waals surface area contributed by atoms with E-state index in [2.05, 4.69) is 16.0 Å². The summed E-state index contributed by atoms with van der Waals surface area (Å²) in [5, 5.41) is 8.56. The molecule has 2 aromatic carbocycles. The predicted molar refractivity (Wildman–Crippen MR) is 106 cm³/mol. The van der Waals surface area contributed by atoms with E-state index < -0.39 is 0 Å². The lowest BCUT2D eigenvalue weighted by Crippen LogP contribution is -2.37. The van der Waals surface area contributed by atoms with Gasteiger partial charge in [-0.15, -0.1) is 0 Å². The number of carbonyl (C=O) groups is 2. The first-order chi connectivity index (χ1) is 13.0. The number of benzene rings is 2. The third kappa shape index (κ3) is 5.00. The van der Waals surface area contributed by atoms with Crippen LogP contribution in [0.25, 0.3) is 0 Å². The average Bonchev–Trinajstić information content (AvgIpc) is 2.65. The van der Waals surface area contributed by atoms with E-state index in [0.717, 1.165) is 29.0 Å². The fraction of sp³-hybridized carbons (Fsp3) is 0.333. The molecule has 0 fully saturated rings. The molecular formula is C21H25N3O3. The topological polar surface area (TPSA) is 79.5 Å². The Morgan fingerprint density at radius 3 is 2.63 bits per heavy atom. The fourth-order valence-corrected chi connectivity index (χ4v) is 3.05. The molecule has 0 saturated carbocycles. The highest BCUT2D eigenvalue weighted by molar-refractivity contribution is 5.99. The van der Waals surface area contributed by atoms with Gasteiger partial charge in [0.2, 0.25) is 5.91 Å². The minimum atomic E-state index is -0.311. The van der Waals surface area contributed by atoms with Crippen LogP contribution in [-0.4, -0.2) is 25.1 Å². The van der Waals surface area contributed by atoms with E-state index in [1.807, 2.05) is 50.2 Å². The molecule has 1 aliphatic rings. The number of rotatable bonds is 5. The minimum Gasteiger partial charge on any atom is -0.492 e. The van der Waals surface area contributed by atoms with Gasteiger partial charge in [0.15, 0.2) is 0 Å². The Labute approximate surface area is 159 Å². The molecule has 2 aromatic rings. The molecule has 0 saturated heterocycles. The molecule has 6 nitrogen and oxygen atoms in total. The summed E-state index contributed by atoms with van der Waals surface area (Å²) in [5.74, 6) is 0.567. The van der Waals surface area contributed by atoms with Crippen molar-refractivity contribution in [1.82, 2.24) is 5.32 Å². The lowest BCUT2D eigenvalue weighted by Gasteiger charge is -2.25. The van der Waals surface area contributed by atoms with Crippen LogP contribution in [0.5, 0.6) is 5.75 Å². The van der Waals surface area contributed by atoms with Crippen molar-refractivity contribution >= 4 is 23.3 Å². The summed E-state index contributed by atoms with van der Waals surface area (Å²) in [6, 6.07) is 12.8. The number of hydrogen-bond acceptors (Lipinski definition) is 3. The Hall–Kier alpha value is -3.02. The molecule has 0 aromatic heterocycles. The zero-order chi connectivity index (χ0) is 19.2. The van der Waals surface area contributed by atoms with Crippen molar-refractivity contribution in [1.29, 1.82) is 0 Å². The second-order valence-electron chi connectivity index (χ2n) is 6.77. The van der Waals surface area contributed by atoms with Crippen LogP contribution in [0.2, 0.25) is 0 Å². The highest BCUT2D eigenvalue weighted by Gasteiger charge is 2.26. The molecule has 0 radical (unpaired) electrons. The molecule has 1 heterocycles. The number of ether oxygens (including phenoxy) is 1. The van der Waals surface area contributed by atoms with Gasteiger partial charge in [-0.1, -0.05) is 19.1 Å². The van der Waals surface area contributed by atoms with Gasteiger partial charge in [0, 0.05) is 17.9 Å². The molecule has 1 unspecified atom stereocenters. The van der Waals surface area contributed by atoms with E-state index in [-0.39, 0.29) is 17.9 Å². The second kappa shape index (κ2) is 8.58. The molecule has 3 rings (SSSR count). The molecule has 3 amide bonds. The maximum atomic E-state index is 12.2. The van der Waals surface area contributed by atoms with Crippen LogP contribution < -0.4 is 20.7 Å². The van der Waals surface area contributed by atoms with Gasteiger partial charge in [-0.2, -0.15) is 0 Å². The Kier molecular flexibility index (Phi) is 5.96. The Morgan fingerprint density at radius 2 is 1.89 bits per heavy atom. The second-order valence-corrected chi connectivity index (χ2v) is 6.77. The van der Waals surface area contributed by atoms with Crippen molar-refractivity contribution in [2.24, 2.45) is 5.92 Å². The van der Waals surface area contributed by atoms with Gasteiger partial charge in [-0.3, -0.25) is 4.79 Å². The Bertz CT molecular complexity index is 835. The van der Waals surface area contributed by atoms with Crippen molar-refractivity contribution in [3.8, 4) is 5.75 Å². The molecule has 1 aliphatic heterocycles. The van der Waals surface area contributed by atoms with Crippen LogP contribution in [0.4, 0.5) is 16.2 Å². The fourth-order valence-electron chi connectivity index (χ4n) is 3.05. The Morgan fingerprint density at radius 1 is 1.11 bits per heavy atom. The average molecular weight is 367 g/mol. The summed E-state index contributed by atoms with van der Waals surface area (Å²) in [5.41, 5.74) is 3.40. The van der Waals surface area contributed by atoms with Crippen LogP contribution in [0.15, 0.2) is 42.5 Å². The summed E-state index contributed by atoms with van der Waals surface area (Å²) in [4.78, 5) is 24.4. The molecule has 1 atom stereocenters. The maximum Gasteiger partial charge on any atom is 0.323 e. The van der Waals surface area contributed by atoms with Crippen LogP contribution in [0.3, 0.4) is 0 Å². The van der Waals surface area contributed by atoms with Gasteiger partial charge in [-0.05, 0) is 61.2 Å². The smallest absolute Gasteiger partial charge is 0.323 e. The number of anilines is 2. The molecule has 0 aliphatic carbocycles. The van der Waals surface area contributed by atoms with Crippen molar-refractivity contribution in [3.05, 3.63) is 53.6 Å². The van der Waals surface area contributed by atoms with E-state index in [9.17, 15) is 9.59 Å². The summed E-state index contributed by atoms with van der Waals surface area (Å²) >= 11 is 0. The van der Waals surface area contributed by atoms with Gasteiger partial charge < -0.3 is 20.7 Å². The zero-order valence-corrected chi connectivity index (χ0v) is 15.7. The van der Waals surface area contributed by atoms with E-state index in [1.54, 1.807) is 6.07 Å². The quantitative estimate of drug-likeness (QED) is 0.754. The van der Waals surface area contributed by atoms with E-state index in [0.29, 0.717) is 25.3 Å². The minimum absolute atomic E-state index is 0.0121.